The van der Waals surface area contributed by atoms with Gasteiger partial charge in [-0.3, -0.25) is 4.79 Å². The minimum Gasteiger partial charge on any atom is -0.444 e. The predicted molar refractivity (Wildman–Crippen MR) is 79.2 cm³/mol. The second-order valence-corrected chi connectivity index (χ2v) is 6.87. The van der Waals surface area contributed by atoms with Crippen molar-refractivity contribution in [1.82, 2.24) is 20.3 Å². The number of aromatic nitrogens is 3. The molecule has 1 heterocycles. The van der Waals surface area contributed by atoms with Gasteiger partial charge in [-0.1, -0.05) is 0 Å². The molecule has 8 heteroatoms. The van der Waals surface area contributed by atoms with Crippen LogP contribution in [0.15, 0.2) is 4.60 Å². The van der Waals surface area contributed by atoms with E-state index in [1.807, 2.05) is 0 Å². The quantitative estimate of drug-likeness (QED) is 0.835. The van der Waals surface area contributed by atoms with Gasteiger partial charge in [0, 0.05) is 0 Å². The van der Waals surface area contributed by atoms with E-state index in [2.05, 4.69) is 31.4 Å². The van der Waals surface area contributed by atoms with Crippen molar-refractivity contribution < 1.29 is 14.3 Å². The first-order valence-electron chi connectivity index (χ1n) is 6.83. The summed E-state index contributed by atoms with van der Waals surface area (Å²) >= 11 is 3.24. The number of ketones is 1. The van der Waals surface area contributed by atoms with Gasteiger partial charge in [-0.2, -0.15) is 4.80 Å². The number of Topliss-reactive ketones (excluding diaryl/α,β-unsaturated/α-hetero) is 1. The maximum Gasteiger partial charge on any atom is 0.408 e. The van der Waals surface area contributed by atoms with Gasteiger partial charge in [-0.05, 0) is 56.5 Å². The predicted octanol–water partition coefficient (Wildman–Crippen LogP) is 2.47. The highest BCUT2D eigenvalue weighted by Gasteiger charge is 2.30. The van der Waals surface area contributed by atoms with Gasteiger partial charge < -0.3 is 10.1 Å². The molecule has 1 aromatic heterocycles. The Morgan fingerprint density at radius 2 is 2.00 bits per heavy atom. The number of nitrogens with zero attached hydrogens (tertiary/aromatic N) is 3. The fraction of sp³-hybridized carbons (Fsp3) is 0.692. The van der Waals surface area contributed by atoms with Gasteiger partial charge in [0.15, 0.2) is 10.3 Å². The maximum atomic E-state index is 12.3. The number of hydrogen-bond donors (Lipinski definition) is 1. The Labute approximate surface area is 131 Å². The SMILES string of the molecule is C[C@@H](NC(=O)OC(C)(C)C)C(=O)c1nn(C2CC2)nc1Br. The molecule has 0 aromatic carbocycles. The molecule has 0 unspecified atom stereocenters. The summed E-state index contributed by atoms with van der Waals surface area (Å²) in [5.41, 5.74) is -0.381. The van der Waals surface area contributed by atoms with Crippen LogP contribution in [0.1, 0.15) is 57.1 Å². The van der Waals surface area contributed by atoms with Crippen LogP contribution >= 0.6 is 15.9 Å². The van der Waals surface area contributed by atoms with E-state index in [4.69, 9.17) is 4.74 Å². The summed E-state index contributed by atoms with van der Waals surface area (Å²) in [5.74, 6) is -0.306. The Bertz CT molecular complexity index is 560. The largest absolute Gasteiger partial charge is 0.444 e. The van der Waals surface area contributed by atoms with Crippen molar-refractivity contribution in [3.63, 3.8) is 0 Å². The zero-order valence-corrected chi connectivity index (χ0v) is 14.1. The smallest absolute Gasteiger partial charge is 0.408 e. The fourth-order valence-corrected chi connectivity index (χ4v) is 2.12. The number of carbonyl (C=O) groups excluding carboxylic acids is 2. The van der Waals surface area contributed by atoms with Gasteiger partial charge in [0.1, 0.15) is 5.60 Å². The average Bonchev–Trinajstić information content (AvgIpc) is 3.09. The van der Waals surface area contributed by atoms with Crippen LogP contribution in [0.2, 0.25) is 0 Å². The van der Waals surface area contributed by atoms with Crippen LogP contribution in [-0.4, -0.2) is 38.5 Å². The summed E-state index contributed by atoms with van der Waals surface area (Å²) in [5, 5.41) is 10.9. The Morgan fingerprint density at radius 1 is 1.38 bits per heavy atom. The number of ether oxygens (including phenoxy) is 1. The van der Waals surface area contributed by atoms with E-state index in [1.165, 1.54) is 0 Å². The maximum absolute atomic E-state index is 12.3. The van der Waals surface area contributed by atoms with Crippen LogP contribution in [0.25, 0.3) is 0 Å². The molecular weight excluding hydrogens is 340 g/mol. The monoisotopic (exact) mass is 358 g/mol. The molecule has 2 rings (SSSR count). The van der Waals surface area contributed by atoms with E-state index >= 15 is 0 Å². The molecule has 1 fully saturated rings. The standard InChI is InChI=1S/C13H19BrN4O3/c1-7(15-12(20)21-13(2,3)4)10(19)9-11(14)17-18(16-9)8-5-6-8/h7-8H,5-6H2,1-4H3,(H,15,20)/t7-/m1/s1. The van der Waals surface area contributed by atoms with E-state index in [0.29, 0.717) is 4.60 Å². The number of amides is 1. The van der Waals surface area contributed by atoms with Crippen molar-refractivity contribution in [3.05, 3.63) is 10.3 Å². The molecule has 1 aliphatic carbocycles. The van der Waals surface area contributed by atoms with Crippen molar-refractivity contribution in [2.45, 2.75) is 58.2 Å². The molecule has 1 saturated carbocycles. The third-order valence-electron chi connectivity index (χ3n) is 2.82. The molecule has 1 aliphatic rings. The first kappa shape index (κ1) is 15.9. The number of carbonyl (C=O) groups is 2. The van der Waals surface area contributed by atoms with Gasteiger partial charge in [0.25, 0.3) is 0 Å². The topological polar surface area (TPSA) is 86.1 Å². The van der Waals surface area contributed by atoms with Crippen LogP contribution in [0.3, 0.4) is 0 Å². The van der Waals surface area contributed by atoms with Gasteiger partial charge in [0.05, 0.1) is 12.1 Å². The van der Waals surface area contributed by atoms with E-state index in [-0.39, 0.29) is 17.5 Å². The van der Waals surface area contributed by atoms with Crippen molar-refractivity contribution in [2.75, 3.05) is 0 Å². The number of rotatable bonds is 4. The minimum absolute atomic E-state index is 0.227. The molecule has 0 radical (unpaired) electrons. The molecule has 21 heavy (non-hydrogen) atoms. The summed E-state index contributed by atoms with van der Waals surface area (Å²) in [6.07, 6.45) is 1.43. The molecule has 0 saturated heterocycles. The van der Waals surface area contributed by atoms with Crippen LogP contribution in [0.5, 0.6) is 0 Å². The zero-order chi connectivity index (χ0) is 15.8. The molecule has 1 N–H and O–H groups in total. The van der Waals surface area contributed by atoms with E-state index in [9.17, 15) is 9.59 Å². The summed E-state index contributed by atoms with van der Waals surface area (Å²) in [7, 11) is 0. The molecular formula is C13H19BrN4O3. The van der Waals surface area contributed by atoms with Crippen LogP contribution in [0.4, 0.5) is 4.79 Å². The van der Waals surface area contributed by atoms with Crippen molar-refractivity contribution in [3.8, 4) is 0 Å². The number of alkyl carbamates (subject to hydrolysis) is 1. The third kappa shape index (κ3) is 4.26. The average molecular weight is 359 g/mol. The van der Waals surface area contributed by atoms with Crippen molar-refractivity contribution in [2.24, 2.45) is 0 Å². The van der Waals surface area contributed by atoms with Crippen molar-refractivity contribution in [1.29, 1.82) is 0 Å². The summed E-state index contributed by atoms with van der Waals surface area (Å²) in [6, 6.07) is -0.447. The van der Waals surface area contributed by atoms with Crippen LogP contribution in [-0.2, 0) is 4.74 Å². The van der Waals surface area contributed by atoms with Crippen LogP contribution in [0, 0.1) is 0 Å². The molecule has 1 amide bonds. The second kappa shape index (κ2) is 5.75. The lowest BCUT2D eigenvalue weighted by molar-refractivity contribution is 0.0496. The van der Waals surface area contributed by atoms with E-state index in [0.717, 1.165) is 12.8 Å². The lowest BCUT2D eigenvalue weighted by Gasteiger charge is -2.21. The minimum atomic E-state index is -0.736. The molecule has 116 valence electrons. The first-order valence-corrected chi connectivity index (χ1v) is 7.63. The highest BCUT2D eigenvalue weighted by Crippen LogP contribution is 2.34. The molecule has 0 aliphatic heterocycles. The summed E-state index contributed by atoms with van der Waals surface area (Å²) in [4.78, 5) is 25.5. The van der Waals surface area contributed by atoms with E-state index < -0.39 is 17.7 Å². The fourth-order valence-electron chi connectivity index (χ4n) is 1.68. The van der Waals surface area contributed by atoms with Gasteiger partial charge >= 0.3 is 6.09 Å². The summed E-state index contributed by atoms with van der Waals surface area (Å²) < 4.78 is 5.52. The first-order chi connectivity index (χ1) is 9.67. The van der Waals surface area contributed by atoms with Gasteiger partial charge in [-0.15, -0.1) is 10.2 Å². The summed E-state index contributed by atoms with van der Waals surface area (Å²) in [6.45, 7) is 6.87. The molecule has 0 bridgehead atoms. The Kier molecular flexibility index (Phi) is 4.36. The Balaban J connectivity index is 2.00. The zero-order valence-electron chi connectivity index (χ0n) is 12.5. The number of hydrogen-bond acceptors (Lipinski definition) is 5. The molecule has 7 nitrogen and oxygen atoms in total. The lowest BCUT2D eigenvalue weighted by Crippen LogP contribution is -2.41. The molecule has 1 aromatic rings. The van der Waals surface area contributed by atoms with Gasteiger partial charge in [0.2, 0.25) is 5.78 Å². The normalized spacial score (nSPS) is 16.4. The van der Waals surface area contributed by atoms with E-state index in [1.54, 1.807) is 32.5 Å². The highest BCUT2D eigenvalue weighted by atomic mass is 79.9. The lowest BCUT2D eigenvalue weighted by atomic mass is 10.1. The van der Waals surface area contributed by atoms with Crippen molar-refractivity contribution >= 4 is 27.8 Å². The Morgan fingerprint density at radius 3 is 2.52 bits per heavy atom. The molecule has 0 spiro atoms. The Hall–Kier alpha value is -1.44. The third-order valence-corrected chi connectivity index (χ3v) is 3.36. The second-order valence-electron chi connectivity index (χ2n) is 6.12. The number of halogens is 1. The van der Waals surface area contributed by atoms with Crippen LogP contribution < -0.4 is 5.32 Å². The highest BCUT2D eigenvalue weighted by molar-refractivity contribution is 9.10. The molecule has 1 atom stereocenters. The number of nitrogens with one attached hydrogen (secondary N) is 1. The van der Waals surface area contributed by atoms with Gasteiger partial charge in [-0.25, -0.2) is 4.79 Å².